The molecule has 0 saturated carbocycles. The van der Waals surface area contributed by atoms with E-state index in [4.69, 9.17) is 5.26 Å². The minimum atomic E-state index is -0.371. The molecule has 0 bridgehead atoms. The van der Waals surface area contributed by atoms with Crippen molar-refractivity contribution in [2.45, 2.75) is 6.92 Å². The maximum atomic E-state index is 12.9. The summed E-state index contributed by atoms with van der Waals surface area (Å²) in [5.41, 5.74) is 4.35. The Hall–Kier alpha value is -4.84. The maximum Gasteiger partial charge on any atom is 0.276 e. The lowest BCUT2D eigenvalue weighted by atomic mass is 10.2. The minimum Gasteiger partial charge on any atom is -0.321 e. The predicted octanol–water partition coefficient (Wildman–Crippen LogP) is 3.41. The number of pyridine rings is 2. The van der Waals surface area contributed by atoms with Gasteiger partial charge >= 0.3 is 0 Å². The fraction of sp³-hybridized carbons (Fsp3) is 0.0435. The molecule has 0 aliphatic carbocycles. The summed E-state index contributed by atoms with van der Waals surface area (Å²) in [4.78, 5) is 21.7. The highest BCUT2D eigenvalue weighted by atomic mass is 16.2. The molecule has 9 heteroatoms. The minimum absolute atomic E-state index is 0.228. The summed E-state index contributed by atoms with van der Waals surface area (Å²) in [5, 5.41) is 20.5. The third-order valence-corrected chi connectivity index (χ3v) is 4.87. The van der Waals surface area contributed by atoms with Gasteiger partial charge < -0.3 is 5.32 Å². The number of carbonyl (C=O) groups is 1. The molecule has 0 unspecified atom stereocenters. The molecular weight excluding hydrogens is 404 g/mol. The van der Waals surface area contributed by atoms with Gasteiger partial charge in [-0.15, -0.1) is 0 Å². The number of aromatic nitrogens is 6. The Morgan fingerprint density at radius 1 is 1.09 bits per heavy atom. The van der Waals surface area contributed by atoms with E-state index in [0.717, 1.165) is 11.3 Å². The molecule has 0 atom stereocenters. The Balaban J connectivity index is 1.57. The highest BCUT2D eigenvalue weighted by Gasteiger charge is 2.18. The van der Waals surface area contributed by atoms with E-state index in [0.29, 0.717) is 28.4 Å². The normalized spacial score (nSPS) is 10.8. The zero-order valence-electron chi connectivity index (χ0n) is 17.0. The van der Waals surface area contributed by atoms with Gasteiger partial charge in [-0.3, -0.25) is 4.79 Å². The molecule has 1 amide bonds. The van der Waals surface area contributed by atoms with Crippen LogP contribution in [0.15, 0.2) is 73.2 Å². The average molecular weight is 420 g/mol. The van der Waals surface area contributed by atoms with Crippen LogP contribution in [0.4, 0.5) is 5.69 Å². The number of nitrogens with one attached hydrogen (secondary N) is 1. The fourth-order valence-corrected chi connectivity index (χ4v) is 3.31. The van der Waals surface area contributed by atoms with Gasteiger partial charge in [0.2, 0.25) is 0 Å². The molecule has 0 radical (unpaired) electrons. The lowest BCUT2D eigenvalue weighted by Crippen LogP contribution is -2.13. The maximum absolute atomic E-state index is 12.9. The van der Waals surface area contributed by atoms with E-state index in [9.17, 15) is 4.79 Å². The number of hydrogen-bond donors (Lipinski definition) is 1. The van der Waals surface area contributed by atoms with E-state index in [-0.39, 0.29) is 11.6 Å². The van der Waals surface area contributed by atoms with E-state index in [1.165, 1.54) is 6.33 Å². The van der Waals surface area contributed by atoms with Crippen LogP contribution in [0.25, 0.3) is 22.7 Å². The Kier molecular flexibility index (Phi) is 4.65. The second-order valence-corrected chi connectivity index (χ2v) is 7.09. The SMILES string of the molecule is Cc1cccc(-n2nc(C(=O)Nc3ccc(C#N)cc3)cc2-c2ccc3ncnn3c2)n1. The number of amides is 1. The van der Waals surface area contributed by atoms with Gasteiger partial charge in [0.25, 0.3) is 5.91 Å². The van der Waals surface area contributed by atoms with Gasteiger partial charge in [-0.2, -0.15) is 15.5 Å². The number of anilines is 1. The predicted molar refractivity (Wildman–Crippen MR) is 117 cm³/mol. The van der Waals surface area contributed by atoms with Gasteiger partial charge in [-0.05, 0) is 61.5 Å². The molecule has 5 rings (SSSR count). The zero-order valence-corrected chi connectivity index (χ0v) is 17.0. The number of rotatable bonds is 4. The van der Waals surface area contributed by atoms with Crippen LogP contribution in [0.2, 0.25) is 0 Å². The second kappa shape index (κ2) is 7.77. The molecule has 1 N–H and O–H groups in total. The van der Waals surface area contributed by atoms with Gasteiger partial charge in [0.05, 0.1) is 17.3 Å². The number of benzene rings is 1. The first-order valence-electron chi connectivity index (χ1n) is 9.76. The van der Waals surface area contributed by atoms with Crippen LogP contribution in [0.1, 0.15) is 21.7 Å². The summed E-state index contributed by atoms with van der Waals surface area (Å²) in [5.74, 6) is 0.223. The van der Waals surface area contributed by atoms with Crippen LogP contribution in [0.5, 0.6) is 0 Å². The molecule has 1 aromatic carbocycles. The largest absolute Gasteiger partial charge is 0.321 e. The zero-order chi connectivity index (χ0) is 22.1. The third-order valence-electron chi connectivity index (χ3n) is 4.87. The lowest BCUT2D eigenvalue weighted by Gasteiger charge is -2.07. The molecule has 0 aliphatic rings. The first kappa shape index (κ1) is 19.1. The number of aryl methyl sites for hydroxylation is 1. The van der Waals surface area contributed by atoms with E-state index >= 15 is 0 Å². The van der Waals surface area contributed by atoms with E-state index in [1.807, 2.05) is 43.5 Å². The molecule has 0 saturated heterocycles. The quantitative estimate of drug-likeness (QED) is 0.477. The fourth-order valence-electron chi connectivity index (χ4n) is 3.31. The molecule has 0 spiro atoms. The highest BCUT2D eigenvalue weighted by Crippen LogP contribution is 2.24. The number of hydrogen-bond acceptors (Lipinski definition) is 6. The van der Waals surface area contributed by atoms with Crippen molar-refractivity contribution in [3.63, 3.8) is 0 Å². The van der Waals surface area contributed by atoms with E-state index in [2.05, 4.69) is 31.6 Å². The molecule has 0 aliphatic heterocycles. The summed E-state index contributed by atoms with van der Waals surface area (Å²) in [7, 11) is 0. The van der Waals surface area contributed by atoms with Crippen LogP contribution in [-0.2, 0) is 0 Å². The van der Waals surface area contributed by atoms with Gasteiger partial charge in [-0.25, -0.2) is 19.2 Å². The van der Waals surface area contributed by atoms with Crippen LogP contribution >= 0.6 is 0 Å². The third kappa shape index (κ3) is 3.57. The smallest absolute Gasteiger partial charge is 0.276 e. The summed E-state index contributed by atoms with van der Waals surface area (Å²) < 4.78 is 3.30. The van der Waals surface area contributed by atoms with Crippen LogP contribution in [0.3, 0.4) is 0 Å². The Labute approximate surface area is 182 Å². The summed E-state index contributed by atoms with van der Waals surface area (Å²) >= 11 is 0. The van der Waals surface area contributed by atoms with E-state index in [1.54, 1.807) is 39.5 Å². The van der Waals surface area contributed by atoms with Crippen molar-refractivity contribution < 1.29 is 4.79 Å². The van der Waals surface area contributed by atoms with Crippen LogP contribution in [-0.4, -0.2) is 35.3 Å². The molecule has 9 nitrogen and oxygen atoms in total. The summed E-state index contributed by atoms with van der Waals surface area (Å²) in [6.07, 6.45) is 3.31. The number of nitriles is 1. The Morgan fingerprint density at radius 3 is 2.72 bits per heavy atom. The van der Waals surface area contributed by atoms with Crippen molar-refractivity contribution in [1.29, 1.82) is 5.26 Å². The van der Waals surface area contributed by atoms with Gasteiger partial charge in [0.1, 0.15) is 6.33 Å². The van der Waals surface area contributed by atoms with Crippen molar-refractivity contribution in [1.82, 2.24) is 29.4 Å². The lowest BCUT2D eigenvalue weighted by molar-refractivity contribution is 0.102. The molecule has 5 aromatic rings. The van der Waals surface area contributed by atoms with Crippen molar-refractivity contribution >= 4 is 17.2 Å². The molecular formula is C23H16N8O. The molecule has 0 fully saturated rings. The van der Waals surface area contributed by atoms with Gasteiger partial charge in [0.15, 0.2) is 17.2 Å². The van der Waals surface area contributed by atoms with Gasteiger partial charge in [0, 0.05) is 23.1 Å². The molecule has 4 aromatic heterocycles. The standard InChI is InChI=1S/C23H16N8O/c1-15-3-2-4-22(27-15)31-20(17-7-10-21-25-14-26-30(21)13-17)11-19(29-31)23(32)28-18-8-5-16(12-24)6-9-18/h2-11,13-14H,1H3,(H,28,32). The van der Waals surface area contributed by atoms with Crippen molar-refractivity contribution in [3.8, 4) is 23.1 Å². The van der Waals surface area contributed by atoms with Crippen molar-refractivity contribution in [2.24, 2.45) is 0 Å². The monoisotopic (exact) mass is 420 g/mol. The van der Waals surface area contributed by atoms with Crippen molar-refractivity contribution in [3.05, 3.63) is 90.1 Å². The Morgan fingerprint density at radius 2 is 1.94 bits per heavy atom. The summed E-state index contributed by atoms with van der Waals surface area (Å²) in [6.45, 7) is 1.90. The number of fused-ring (bicyclic) bond motifs is 1. The van der Waals surface area contributed by atoms with Gasteiger partial charge in [-0.1, -0.05) is 6.07 Å². The Bertz CT molecular complexity index is 1490. The number of nitrogens with zero attached hydrogens (tertiary/aromatic N) is 7. The molecule has 32 heavy (non-hydrogen) atoms. The van der Waals surface area contributed by atoms with Crippen LogP contribution < -0.4 is 5.32 Å². The van der Waals surface area contributed by atoms with Crippen LogP contribution in [0, 0.1) is 18.3 Å². The first-order valence-corrected chi connectivity index (χ1v) is 9.76. The van der Waals surface area contributed by atoms with E-state index < -0.39 is 0 Å². The average Bonchev–Trinajstić information content (AvgIpc) is 3.46. The first-order chi connectivity index (χ1) is 15.6. The van der Waals surface area contributed by atoms with Crippen molar-refractivity contribution in [2.75, 3.05) is 5.32 Å². The number of carbonyl (C=O) groups excluding carboxylic acids is 1. The molecule has 4 heterocycles. The second-order valence-electron chi connectivity index (χ2n) is 7.09. The summed E-state index contributed by atoms with van der Waals surface area (Å²) in [6, 6.07) is 19.8. The topological polar surface area (TPSA) is 114 Å². The molecule has 154 valence electrons. The highest BCUT2D eigenvalue weighted by molar-refractivity contribution is 6.03.